The van der Waals surface area contributed by atoms with Crippen LogP contribution in [-0.4, -0.2) is 60.6 Å². The van der Waals surface area contributed by atoms with Crippen LogP contribution in [0.2, 0.25) is 0 Å². The molecule has 0 aromatic rings. The SMILES string of the molecule is CN1CCCN(C)C(CCC(=O)O)C1. The third kappa shape index (κ3) is 3.64. The molecule has 4 nitrogen and oxygen atoms in total. The van der Waals surface area contributed by atoms with Crippen molar-refractivity contribution in [3.63, 3.8) is 0 Å². The molecular formula is C10H20N2O2. The molecule has 14 heavy (non-hydrogen) atoms. The van der Waals surface area contributed by atoms with Crippen molar-refractivity contribution in [2.24, 2.45) is 0 Å². The lowest BCUT2D eigenvalue weighted by molar-refractivity contribution is -0.137. The first-order valence-electron chi connectivity index (χ1n) is 5.20. The third-order valence-electron chi connectivity index (χ3n) is 2.89. The van der Waals surface area contributed by atoms with Gasteiger partial charge in [0.25, 0.3) is 0 Å². The lowest BCUT2D eigenvalue weighted by Crippen LogP contribution is -2.37. The summed E-state index contributed by atoms with van der Waals surface area (Å²) in [6.07, 6.45) is 2.22. The number of hydrogen-bond acceptors (Lipinski definition) is 3. The first-order valence-corrected chi connectivity index (χ1v) is 5.20. The molecule has 0 saturated carbocycles. The molecule has 0 spiro atoms. The summed E-state index contributed by atoms with van der Waals surface area (Å²) in [5, 5.41) is 8.63. The Morgan fingerprint density at radius 2 is 2.14 bits per heavy atom. The summed E-state index contributed by atoms with van der Waals surface area (Å²) in [5.74, 6) is -0.690. The minimum Gasteiger partial charge on any atom is -0.481 e. The highest BCUT2D eigenvalue weighted by molar-refractivity contribution is 5.66. The zero-order valence-corrected chi connectivity index (χ0v) is 9.07. The van der Waals surface area contributed by atoms with Gasteiger partial charge in [0.2, 0.25) is 0 Å². The molecule has 0 aromatic heterocycles. The number of nitrogens with zero attached hydrogens (tertiary/aromatic N) is 2. The van der Waals surface area contributed by atoms with Gasteiger partial charge in [-0.1, -0.05) is 0 Å². The smallest absolute Gasteiger partial charge is 0.303 e. The van der Waals surface area contributed by atoms with E-state index in [4.69, 9.17) is 5.11 Å². The maximum Gasteiger partial charge on any atom is 0.303 e. The summed E-state index contributed by atoms with van der Waals surface area (Å²) in [5.41, 5.74) is 0. The van der Waals surface area contributed by atoms with Gasteiger partial charge in [-0.05, 0) is 40.0 Å². The molecule has 1 aliphatic rings. The van der Waals surface area contributed by atoms with E-state index in [1.807, 2.05) is 0 Å². The molecule has 0 aliphatic carbocycles. The van der Waals surface area contributed by atoms with Crippen LogP contribution >= 0.6 is 0 Å². The van der Waals surface area contributed by atoms with Gasteiger partial charge in [0.05, 0.1) is 0 Å². The zero-order chi connectivity index (χ0) is 10.6. The van der Waals surface area contributed by atoms with Gasteiger partial charge in [-0.25, -0.2) is 0 Å². The third-order valence-corrected chi connectivity index (χ3v) is 2.89. The van der Waals surface area contributed by atoms with Crippen LogP contribution in [0.5, 0.6) is 0 Å². The van der Waals surface area contributed by atoms with E-state index in [0.29, 0.717) is 6.04 Å². The molecule has 4 heteroatoms. The molecule has 82 valence electrons. The fraction of sp³-hybridized carbons (Fsp3) is 0.900. The highest BCUT2D eigenvalue weighted by atomic mass is 16.4. The second-order valence-corrected chi connectivity index (χ2v) is 4.18. The van der Waals surface area contributed by atoms with E-state index in [1.54, 1.807) is 0 Å². The maximum absolute atomic E-state index is 10.5. The standard InChI is InChI=1S/C10H20N2O2/c1-11-6-3-7-12(2)9(8-11)4-5-10(13)14/h9H,3-8H2,1-2H3,(H,13,14). The fourth-order valence-electron chi connectivity index (χ4n) is 1.96. The van der Waals surface area contributed by atoms with E-state index in [2.05, 4.69) is 23.9 Å². The second-order valence-electron chi connectivity index (χ2n) is 4.18. The van der Waals surface area contributed by atoms with E-state index in [9.17, 15) is 4.79 Å². The second kappa shape index (κ2) is 5.32. The van der Waals surface area contributed by atoms with Crippen LogP contribution in [0, 0.1) is 0 Å². The normalized spacial score (nSPS) is 26.0. The maximum atomic E-state index is 10.5. The summed E-state index contributed by atoms with van der Waals surface area (Å²) < 4.78 is 0. The van der Waals surface area contributed by atoms with Crippen molar-refractivity contribution in [1.82, 2.24) is 9.80 Å². The van der Waals surface area contributed by atoms with Crippen molar-refractivity contribution in [1.29, 1.82) is 0 Å². The zero-order valence-electron chi connectivity index (χ0n) is 9.07. The molecule has 1 atom stereocenters. The Morgan fingerprint density at radius 1 is 1.43 bits per heavy atom. The van der Waals surface area contributed by atoms with Crippen LogP contribution < -0.4 is 0 Å². The van der Waals surface area contributed by atoms with Gasteiger partial charge in [-0.2, -0.15) is 0 Å². The Labute approximate surface area is 85.5 Å². The van der Waals surface area contributed by atoms with E-state index in [1.165, 1.54) is 6.42 Å². The lowest BCUT2D eigenvalue weighted by Gasteiger charge is -2.26. The van der Waals surface area contributed by atoms with E-state index in [0.717, 1.165) is 26.1 Å². The average molecular weight is 200 g/mol. The summed E-state index contributed by atoms with van der Waals surface area (Å²) >= 11 is 0. The minimum absolute atomic E-state index is 0.281. The largest absolute Gasteiger partial charge is 0.481 e. The van der Waals surface area contributed by atoms with Crippen LogP contribution in [0.15, 0.2) is 0 Å². The Kier molecular flexibility index (Phi) is 4.35. The lowest BCUT2D eigenvalue weighted by atomic mass is 10.1. The average Bonchev–Trinajstić information content (AvgIpc) is 2.25. The molecule has 1 unspecified atom stereocenters. The van der Waals surface area contributed by atoms with Crippen molar-refractivity contribution in [3.05, 3.63) is 0 Å². The van der Waals surface area contributed by atoms with Crippen molar-refractivity contribution < 1.29 is 9.90 Å². The van der Waals surface area contributed by atoms with Crippen LogP contribution in [0.1, 0.15) is 19.3 Å². The molecule has 1 saturated heterocycles. The van der Waals surface area contributed by atoms with Gasteiger partial charge in [-0.15, -0.1) is 0 Å². The number of carbonyl (C=O) groups is 1. The molecule has 0 amide bonds. The number of carboxylic acid groups (broad SMARTS) is 1. The van der Waals surface area contributed by atoms with E-state index >= 15 is 0 Å². The van der Waals surface area contributed by atoms with Gasteiger partial charge < -0.3 is 14.9 Å². The molecule has 1 rings (SSSR count). The number of carboxylic acids is 1. The molecule has 1 N–H and O–H groups in total. The van der Waals surface area contributed by atoms with Crippen molar-refractivity contribution >= 4 is 5.97 Å². The van der Waals surface area contributed by atoms with E-state index in [-0.39, 0.29) is 6.42 Å². The highest BCUT2D eigenvalue weighted by Crippen LogP contribution is 2.11. The van der Waals surface area contributed by atoms with Crippen LogP contribution in [0.4, 0.5) is 0 Å². The molecular weight excluding hydrogens is 180 g/mol. The minimum atomic E-state index is -0.690. The van der Waals surface area contributed by atoms with Crippen LogP contribution in [-0.2, 0) is 4.79 Å². The van der Waals surface area contributed by atoms with Gasteiger partial charge in [0.1, 0.15) is 0 Å². The number of aliphatic carboxylic acids is 1. The van der Waals surface area contributed by atoms with Gasteiger partial charge >= 0.3 is 5.97 Å². The Morgan fingerprint density at radius 3 is 2.79 bits per heavy atom. The van der Waals surface area contributed by atoms with Crippen LogP contribution in [0.25, 0.3) is 0 Å². The van der Waals surface area contributed by atoms with Gasteiger partial charge in [0, 0.05) is 19.0 Å². The Balaban J connectivity index is 2.41. The van der Waals surface area contributed by atoms with Gasteiger partial charge in [-0.3, -0.25) is 4.79 Å². The van der Waals surface area contributed by atoms with Crippen molar-refractivity contribution in [2.45, 2.75) is 25.3 Å². The summed E-state index contributed by atoms with van der Waals surface area (Å²) in [7, 11) is 4.19. The molecule has 0 aromatic carbocycles. The van der Waals surface area contributed by atoms with Gasteiger partial charge in [0.15, 0.2) is 0 Å². The first-order chi connectivity index (χ1) is 6.59. The number of rotatable bonds is 3. The summed E-state index contributed by atoms with van der Waals surface area (Å²) in [4.78, 5) is 15.1. The topological polar surface area (TPSA) is 43.8 Å². The predicted octanol–water partition coefficient (Wildman–Crippen LogP) is 0.487. The fourth-order valence-corrected chi connectivity index (χ4v) is 1.96. The molecule has 1 heterocycles. The number of likely N-dealkylation sites (N-methyl/N-ethyl adjacent to an activating group) is 2. The van der Waals surface area contributed by atoms with E-state index < -0.39 is 5.97 Å². The van der Waals surface area contributed by atoms with Crippen molar-refractivity contribution in [3.8, 4) is 0 Å². The van der Waals surface area contributed by atoms with Crippen LogP contribution in [0.3, 0.4) is 0 Å². The predicted molar refractivity (Wildman–Crippen MR) is 55.4 cm³/mol. The molecule has 0 bridgehead atoms. The quantitative estimate of drug-likeness (QED) is 0.720. The summed E-state index contributed by atoms with van der Waals surface area (Å²) in [6, 6.07) is 0.401. The monoisotopic (exact) mass is 200 g/mol. The first kappa shape index (κ1) is 11.5. The van der Waals surface area contributed by atoms with Crippen molar-refractivity contribution in [2.75, 3.05) is 33.7 Å². The Hall–Kier alpha value is -0.610. The Bertz CT molecular complexity index is 197. The molecule has 0 radical (unpaired) electrons. The summed E-state index contributed by atoms with van der Waals surface area (Å²) in [6.45, 7) is 3.19. The number of hydrogen-bond donors (Lipinski definition) is 1. The molecule has 1 fully saturated rings. The highest BCUT2D eigenvalue weighted by Gasteiger charge is 2.20. The molecule has 1 aliphatic heterocycles.